The van der Waals surface area contributed by atoms with Crippen molar-refractivity contribution >= 4 is 0 Å². The van der Waals surface area contributed by atoms with E-state index in [1.807, 2.05) is 0 Å². The maximum absolute atomic E-state index is 3.13. The molecule has 0 spiro atoms. The number of hydrogen-bond donors (Lipinski definition) is 0. The van der Waals surface area contributed by atoms with Crippen LogP contribution < -0.4 is 4.70 Å². The van der Waals surface area contributed by atoms with Crippen molar-refractivity contribution in [3.63, 3.8) is 0 Å². The third-order valence-corrected chi connectivity index (χ3v) is 1.26. The first-order chi connectivity index (χ1) is 2.91. The minimum absolute atomic E-state index is 0. The number of halogens is 1. The summed E-state index contributed by atoms with van der Waals surface area (Å²) in [6.07, 6.45) is 4.05. The normalized spacial score (nSPS) is 7.86. The van der Waals surface area contributed by atoms with E-state index in [9.17, 15) is 0 Å². The zero-order valence-electron chi connectivity index (χ0n) is 4.52. The number of rotatable bonds is 3. The molecule has 0 saturated carbocycles. The van der Waals surface area contributed by atoms with Crippen LogP contribution in [0.5, 0.6) is 0 Å². The molecule has 7 heavy (non-hydrogen) atoms. The van der Waals surface area contributed by atoms with Crippen LogP contribution in [0, 0.1) is 0 Å². The molecule has 0 aromatic heterocycles. The van der Waals surface area contributed by atoms with E-state index in [-0.39, 0.29) is 4.70 Å². The molecule has 0 saturated heterocycles. The molecule has 0 rings (SSSR count). The second kappa shape index (κ2) is 9.78. The fourth-order valence-electron chi connectivity index (χ4n) is 0.329. The van der Waals surface area contributed by atoms with Crippen LogP contribution in [0.2, 0.25) is 4.89 Å². The van der Waals surface area contributed by atoms with Crippen LogP contribution in [0.4, 0.5) is 0 Å². The zero-order valence-corrected chi connectivity index (χ0v) is 6.08. The van der Waals surface area contributed by atoms with Gasteiger partial charge in [-0.05, 0) is 0 Å². The van der Waals surface area contributed by atoms with Crippen LogP contribution in [0.15, 0.2) is 0 Å². The van der Waals surface area contributed by atoms with Gasteiger partial charge in [-0.15, -0.1) is 0 Å². The van der Waals surface area contributed by atoms with Gasteiger partial charge in [0.1, 0.15) is 0 Å². The van der Waals surface area contributed by atoms with Crippen LogP contribution in [0.25, 0.3) is 0 Å². The average Bonchev–Trinajstić information content (AvgIpc) is 1.61. The first kappa shape index (κ1) is 10.6. The van der Waals surface area contributed by atoms with Gasteiger partial charge in [0, 0.05) is 0 Å². The zero-order chi connectivity index (χ0) is 4.83. The summed E-state index contributed by atoms with van der Waals surface area (Å²) >= 11 is 3.13. The van der Waals surface area contributed by atoms with Crippen molar-refractivity contribution in [3.8, 4) is 0 Å². The Bertz CT molecular complexity index is 20.0. The van der Waals surface area contributed by atoms with Gasteiger partial charge in [0.2, 0.25) is 0 Å². The van der Waals surface area contributed by atoms with Gasteiger partial charge in [-0.2, -0.15) is 0 Å². The SMILES string of the molecule is CCCC[CH2][Pd+].[F-]. The summed E-state index contributed by atoms with van der Waals surface area (Å²) in [5.41, 5.74) is 0. The monoisotopic (exact) mass is 196 g/mol. The molecule has 0 N–H and O–H groups in total. The summed E-state index contributed by atoms with van der Waals surface area (Å²) in [7, 11) is 0. The molecule has 0 nitrogen and oxygen atoms in total. The third kappa shape index (κ3) is 10.8. The Labute approximate surface area is 55.5 Å². The summed E-state index contributed by atoms with van der Waals surface area (Å²) < 4.78 is 0. The van der Waals surface area contributed by atoms with Gasteiger partial charge in [0.25, 0.3) is 0 Å². The smallest absolute Gasteiger partial charge is 1.00 e. The van der Waals surface area contributed by atoms with Gasteiger partial charge in [-0.1, -0.05) is 0 Å². The Morgan fingerprint density at radius 2 is 1.86 bits per heavy atom. The predicted molar refractivity (Wildman–Crippen MR) is 24.3 cm³/mol. The maximum atomic E-state index is 3.13. The Morgan fingerprint density at radius 1 is 1.29 bits per heavy atom. The molecule has 0 unspecified atom stereocenters. The molecule has 0 fully saturated rings. The minimum atomic E-state index is 0. The van der Waals surface area contributed by atoms with Crippen LogP contribution in [0.1, 0.15) is 26.2 Å². The molecular formula is C5H11FPd. The number of unbranched alkanes of at least 4 members (excludes halogenated alkanes) is 2. The first-order valence-corrected chi connectivity index (χ1v) is 3.53. The van der Waals surface area contributed by atoms with E-state index >= 15 is 0 Å². The summed E-state index contributed by atoms with van der Waals surface area (Å²) in [6, 6.07) is 0. The van der Waals surface area contributed by atoms with Crippen molar-refractivity contribution in [1.82, 2.24) is 0 Å². The Hall–Kier alpha value is 0.592. The fraction of sp³-hybridized carbons (Fsp3) is 1.00. The van der Waals surface area contributed by atoms with E-state index in [2.05, 4.69) is 26.1 Å². The second-order valence-electron chi connectivity index (χ2n) is 1.37. The van der Waals surface area contributed by atoms with Gasteiger partial charge in [-0.3, -0.25) is 0 Å². The molecule has 0 aliphatic heterocycles. The van der Waals surface area contributed by atoms with Crippen molar-refractivity contribution in [2.24, 2.45) is 0 Å². The molecule has 0 aromatic rings. The Morgan fingerprint density at radius 3 is 2.00 bits per heavy atom. The fourth-order valence-corrected chi connectivity index (χ4v) is 0.718. The molecule has 0 atom stereocenters. The van der Waals surface area contributed by atoms with E-state index < -0.39 is 0 Å². The van der Waals surface area contributed by atoms with E-state index in [0.29, 0.717) is 0 Å². The van der Waals surface area contributed by atoms with E-state index in [4.69, 9.17) is 0 Å². The Balaban J connectivity index is 0. The van der Waals surface area contributed by atoms with E-state index in [1.165, 1.54) is 24.2 Å². The van der Waals surface area contributed by atoms with Crippen molar-refractivity contribution in [2.75, 3.05) is 0 Å². The summed E-state index contributed by atoms with van der Waals surface area (Å²) in [4.78, 5) is 1.20. The third-order valence-electron chi connectivity index (χ3n) is 0.715. The Kier molecular flexibility index (Phi) is 14.7. The largest absolute Gasteiger partial charge is 1.00 e. The summed E-state index contributed by atoms with van der Waals surface area (Å²) in [5, 5.41) is 0. The molecule has 0 radical (unpaired) electrons. The van der Waals surface area contributed by atoms with Crippen molar-refractivity contribution in [2.45, 2.75) is 31.1 Å². The standard InChI is InChI=1S/C5H11.FH.Pd/c1-3-5-4-2;;/h1,3-5H2,2H3;1H;/q;;+1/p-1. The van der Waals surface area contributed by atoms with Gasteiger partial charge in [-0.25, -0.2) is 0 Å². The summed E-state index contributed by atoms with van der Waals surface area (Å²) in [5.74, 6) is 0. The average molecular weight is 197 g/mol. The maximum Gasteiger partial charge on any atom is -1.00 e. The molecule has 2 heteroatoms. The molecule has 0 heterocycles. The molecule has 0 aliphatic rings. The van der Waals surface area contributed by atoms with Gasteiger partial charge in [0.15, 0.2) is 0 Å². The predicted octanol–water partition coefficient (Wildman–Crippen LogP) is -0.854. The van der Waals surface area contributed by atoms with Crippen LogP contribution in [-0.2, 0) is 19.2 Å². The van der Waals surface area contributed by atoms with Crippen LogP contribution in [0.3, 0.4) is 0 Å². The van der Waals surface area contributed by atoms with Crippen molar-refractivity contribution in [3.05, 3.63) is 0 Å². The molecule has 0 aliphatic carbocycles. The second-order valence-corrected chi connectivity index (χ2v) is 2.14. The van der Waals surface area contributed by atoms with Gasteiger partial charge >= 0.3 is 50.3 Å². The minimum Gasteiger partial charge on any atom is -1.00 e. The van der Waals surface area contributed by atoms with E-state index in [1.54, 1.807) is 0 Å². The molecule has 0 bridgehead atoms. The van der Waals surface area contributed by atoms with Crippen LogP contribution in [-0.4, -0.2) is 0 Å². The molecular weight excluding hydrogens is 185 g/mol. The quantitative estimate of drug-likeness (QED) is 0.407. The van der Waals surface area contributed by atoms with Gasteiger partial charge in [0.05, 0.1) is 0 Å². The molecule has 0 amide bonds. The first-order valence-electron chi connectivity index (χ1n) is 2.43. The molecule has 0 aromatic carbocycles. The topological polar surface area (TPSA) is 0 Å². The van der Waals surface area contributed by atoms with Crippen LogP contribution >= 0.6 is 0 Å². The van der Waals surface area contributed by atoms with Crippen molar-refractivity contribution < 1.29 is 23.9 Å². The van der Waals surface area contributed by atoms with E-state index in [0.717, 1.165) is 0 Å². The van der Waals surface area contributed by atoms with Crippen molar-refractivity contribution in [1.29, 1.82) is 0 Å². The summed E-state index contributed by atoms with van der Waals surface area (Å²) in [6.45, 7) is 2.22. The molecule has 48 valence electrons. The van der Waals surface area contributed by atoms with Gasteiger partial charge < -0.3 is 4.70 Å². The number of hydrogen-bond acceptors (Lipinski definition) is 0.